The molecule has 0 bridgehead atoms. The van der Waals surface area contributed by atoms with Crippen LogP contribution >= 0.6 is 0 Å². The number of piperidine rings is 1. The molecule has 1 aliphatic heterocycles. The summed E-state index contributed by atoms with van der Waals surface area (Å²) in [6, 6.07) is 0.228. The van der Waals surface area contributed by atoms with Gasteiger partial charge >= 0.3 is 5.97 Å². The number of carboxylic acid groups (broad SMARTS) is 1. The minimum atomic E-state index is -0.818. The Kier molecular flexibility index (Phi) is 4.68. The van der Waals surface area contributed by atoms with Crippen molar-refractivity contribution in [3.05, 3.63) is 0 Å². The lowest BCUT2D eigenvalue weighted by Crippen LogP contribution is -2.49. The first-order valence-corrected chi connectivity index (χ1v) is 7.58. The fraction of sp³-hybridized carbons (Fsp3) is 0.867. The van der Waals surface area contributed by atoms with E-state index in [0.29, 0.717) is 18.8 Å². The molecule has 1 N–H and O–H groups in total. The molecular formula is C15H26N2O3. The van der Waals surface area contributed by atoms with E-state index in [9.17, 15) is 14.7 Å². The number of rotatable bonds is 3. The highest BCUT2D eigenvalue weighted by molar-refractivity contribution is 5.85. The summed E-state index contributed by atoms with van der Waals surface area (Å²) in [5.41, 5.74) is 0. The molecule has 0 aromatic rings. The Hall–Kier alpha value is -1.10. The summed E-state index contributed by atoms with van der Waals surface area (Å²) < 4.78 is 0. The molecule has 0 aromatic carbocycles. The number of likely N-dealkylation sites (tertiary alicyclic amines) is 1. The number of hydrogen-bond donors (Lipinski definition) is 1. The molecule has 1 amide bonds. The summed E-state index contributed by atoms with van der Waals surface area (Å²) in [5.74, 6) is -1.29. The first-order valence-electron chi connectivity index (χ1n) is 7.58. The van der Waals surface area contributed by atoms with Gasteiger partial charge in [-0.2, -0.15) is 0 Å². The molecule has 1 aliphatic carbocycles. The molecule has 2 rings (SSSR count). The molecular weight excluding hydrogens is 256 g/mol. The topological polar surface area (TPSA) is 60.9 Å². The van der Waals surface area contributed by atoms with Gasteiger partial charge < -0.3 is 14.9 Å². The zero-order valence-electron chi connectivity index (χ0n) is 12.7. The van der Waals surface area contributed by atoms with Gasteiger partial charge in [0.25, 0.3) is 0 Å². The van der Waals surface area contributed by atoms with Crippen molar-refractivity contribution >= 4 is 11.9 Å². The van der Waals surface area contributed by atoms with Crippen LogP contribution in [0.2, 0.25) is 0 Å². The van der Waals surface area contributed by atoms with Crippen LogP contribution in [0.4, 0.5) is 0 Å². The Morgan fingerprint density at radius 3 is 2.50 bits per heavy atom. The first kappa shape index (κ1) is 15.3. The zero-order chi connectivity index (χ0) is 14.9. The minimum absolute atomic E-state index is 0.0297. The highest BCUT2D eigenvalue weighted by Gasteiger charge is 2.43. The standard InChI is InChI=1S/C15H26N2O3/c1-10-7-12(13(8-10)15(19)20)14(18)17(3)11-5-4-6-16(2)9-11/h10-13H,4-9H2,1-3H3,(H,19,20). The van der Waals surface area contributed by atoms with Gasteiger partial charge in [0.05, 0.1) is 11.8 Å². The number of carbonyl (C=O) groups is 2. The van der Waals surface area contributed by atoms with Gasteiger partial charge in [-0.3, -0.25) is 9.59 Å². The maximum atomic E-state index is 12.7. The van der Waals surface area contributed by atoms with Crippen LogP contribution in [0.3, 0.4) is 0 Å². The highest BCUT2D eigenvalue weighted by atomic mass is 16.4. The minimum Gasteiger partial charge on any atom is -0.481 e. The first-order chi connectivity index (χ1) is 9.40. The maximum absolute atomic E-state index is 12.7. The molecule has 20 heavy (non-hydrogen) atoms. The molecule has 0 aromatic heterocycles. The van der Waals surface area contributed by atoms with Crippen molar-refractivity contribution in [1.29, 1.82) is 0 Å². The van der Waals surface area contributed by atoms with Gasteiger partial charge in [0, 0.05) is 19.6 Å². The zero-order valence-corrected chi connectivity index (χ0v) is 12.7. The smallest absolute Gasteiger partial charge is 0.307 e. The van der Waals surface area contributed by atoms with E-state index in [1.54, 1.807) is 0 Å². The summed E-state index contributed by atoms with van der Waals surface area (Å²) >= 11 is 0. The second-order valence-corrected chi connectivity index (χ2v) is 6.64. The lowest BCUT2D eigenvalue weighted by atomic mass is 9.93. The average Bonchev–Trinajstić information content (AvgIpc) is 2.79. The fourth-order valence-electron chi connectivity index (χ4n) is 3.73. The van der Waals surface area contributed by atoms with Crippen LogP contribution in [0.5, 0.6) is 0 Å². The summed E-state index contributed by atoms with van der Waals surface area (Å²) in [6.07, 6.45) is 3.46. The quantitative estimate of drug-likeness (QED) is 0.847. The van der Waals surface area contributed by atoms with Gasteiger partial charge in [0.2, 0.25) is 5.91 Å². The predicted octanol–water partition coefficient (Wildman–Crippen LogP) is 1.29. The van der Waals surface area contributed by atoms with E-state index in [0.717, 1.165) is 25.9 Å². The number of carboxylic acids is 1. The van der Waals surface area contributed by atoms with E-state index in [2.05, 4.69) is 11.9 Å². The Morgan fingerprint density at radius 2 is 1.90 bits per heavy atom. The molecule has 5 heteroatoms. The number of amides is 1. The number of carbonyl (C=O) groups excluding carboxylic acids is 1. The molecule has 2 aliphatic rings. The highest BCUT2D eigenvalue weighted by Crippen LogP contribution is 2.37. The molecule has 1 saturated carbocycles. The molecule has 2 fully saturated rings. The third-order valence-electron chi connectivity index (χ3n) is 4.93. The SMILES string of the molecule is CC1CC(C(=O)O)C(C(=O)N(C)C2CCCN(C)C2)C1. The van der Waals surface area contributed by atoms with Gasteiger partial charge in [-0.1, -0.05) is 6.92 Å². The Bertz CT molecular complexity index is 385. The summed E-state index contributed by atoms with van der Waals surface area (Å²) in [7, 11) is 3.91. The van der Waals surface area contributed by atoms with Crippen LogP contribution in [0, 0.1) is 17.8 Å². The van der Waals surface area contributed by atoms with E-state index >= 15 is 0 Å². The van der Waals surface area contributed by atoms with Crippen molar-refractivity contribution in [2.45, 2.75) is 38.6 Å². The average molecular weight is 282 g/mol. The van der Waals surface area contributed by atoms with Crippen LogP contribution < -0.4 is 0 Å². The Labute approximate surface area is 120 Å². The summed E-state index contributed by atoms with van der Waals surface area (Å²) in [4.78, 5) is 28.0. The van der Waals surface area contributed by atoms with Crippen LogP contribution in [-0.4, -0.2) is 60.0 Å². The van der Waals surface area contributed by atoms with Crippen LogP contribution in [0.15, 0.2) is 0 Å². The van der Waals surface area contributed by atoms with Gasteiger partial charge in [0.1, 0.15) is 0 Å². The van der Waals surface area contributed by atoms with Gasteiger partial charge in [0.15, 0.2) is 0 Å². The Morgan fingerprint density at radius 1 is 1.25 bits per heavy atom. The third kappa shape index (κ3) is 3.14. The number of aliphatic carboxylic acids is 1. The number of hydrogen-bond acceptors (Lipinski definition) is 3. The molecule has 4 atom stereocenters. The molecule has 1 saturated heterocycles. The lowest BCUT2D eigenvalue weighted by molar-refractivity contribution is -0.149. The summed E-state index contributed by atoms with van der Waals surface area (Å²) in [5, 5.41) is 9.31. The third-order valence-corrected chi connectivity index (χ3v) is 4.93. The van der Waals surface area contributed by atoms with E-state index < -0.39 is 11.9 Å². The van der Waals surface area contributed by atoms with Gasteiger partial charge in [-0.25, -0.2) is 0 Å². The lowest BCUT2D eigenvalue weighted by Gasteiger charge is -2.37. The second kappa shape index (κ2) is 6.12. The number of likely N-dealkylation sites (N-methyl/N-ethyl adjacent to an activating group) is 2. The largest absolute Gasteiger partial charge is 0.481 e. The van der Waals surface area contributed by atoms with Crippen molar-refractivity contribution in [3.8, 4) is 0 Å². The van der Waals surface area contributed by atoms with Crippen LogP contribution in [0.1, 0.15) is 32.6 Å². The fourth-order valence-corrected chi connectivity index (χ4v) is 3.73. The second-order valence-electron chi connectivity index (χ2n) is 6.64. The van der Waals surface area contributed by atoms with Crippen molar-refractivity contribution in [2.24, 2.45) is 17.8 Å². The van der Waals surface area contributed by atoms with Crippen LogP contribution in [0.25, 0.3) is 0 Å². The summed E-state index contributed by atoms with van der Waals surface area (Å²) in [6.45, 7) is 4.01. The van der Waals surface area contributed by atoms with E-state index in [-0.39, 0.29) is 17.9 Å². The van der Waals surface area contributed by atoms with Crippen molar-refractivity contribution < 1.29 is 14.7 Å². The van der Waals surface area contributed by atoms with Gasteiger partial charge in [-0.05, 0) is 45.2 Å². The van der Waals surface area contributed by atoms with E-state index in [1.807, 2.05) is 18.9 Å². The van der Waals surface area contributed by atoms with Gasteiger partial charge in [-0.15, -0.1) is 0 Å². The maximum Gasteiger partial charge on any atom is 0.307 e. The molecule has 0 spiro atoms. The number of nitrogens with zero attached hydrogens (tertiary/aromatic N) is 2. The van der Waals surface area contributed by atoms with E-state index in [4.69, 9.17) is 0 Å². The van der Waals surface area contributed by atoms with Crippen molar-refractivity contribution in [3.63, 3.8) is 0 Å². The monoisotopic (exact) mass is 282 g/mol. The normalized spacial score (nSPS) is 35.0. The van der Waals surface area contributed by atoms with E-state index in [1.165, 1.54) is 0 Å². The molecule has 4 unspecified atom stereocenters. The predicted molar refractivity (Wildman–Crippen MR) is 76.3 cm³/mol. The van der Waals surface area contributed by atoms with Crippen LogP contribution in [-0.2, 0) is 9.59 Å². The molecule has 0 radical (unpaired) electrons. The molecule has 5 nitrogen and oxygen atoms in total. The molecule has 1 heterocycles. The Balaban J connectivity index is 2.03. The van der Waals surface area contributed by atoms with Crippen molar-refractivity contribution in [2.75, 3.05) is 27.2 Å². The van der Waals surface area contributed by atoms with Crippen molar-refractivity contribution in [1.82, 2.24) is 9.80 Å². The molecule has 114 valence electrons.